The van der Waals surface area contributed by atoms with Gasteiger partial charge in [0, 0.05) is 17.8 Å². The number of aromatic nitrogens is 4. The topological polar surface area (TPSA) is 63.9 Å². The molecule has 0 N–H and O–H groups in total. The summed E-state index contributed by atoms with van der Waals surface area (Å²) >= 11 is 0. The molecule has 0 spiro atoms. The predicted octanol–water partition coefficient (Wildman–Crippen LogP) is 1.98. The molecule has 22 heavy (non-hydrogen) atoms. The van der Waals surface area contributed by atoms with Gasteiger partial charge in [0.25, 0.3) is 5.91 Å². The Morgan fingerprint density at radius 1 is 1.23 bits per heavy atom. The lowest BCUT2D eigenvalue weighted by atomic mass is 9.91. The van der Waals surface area contributed by atoms with Gasteiger partial charge in [-0.2, -0.15) is 10.2 Å². The van der Waals surface area contributed by atoms with E-state index in [2.05, 4.69) is 27.0 Å². The number of aryl methyl sites for hydroxylation is 1. The molecule has 6 nitrogen and oxygen atoms in total. The van der Waals surface area contributed by atoms with Crippen molar-refractivity contribution in [2.75, 3.05) is 0 Å². The van der Waals surface area contributed by atoms with Crippen LogP contribution in [0.2, 0.25) is 0 Å². The van der Waals surface area contributed by atoms with E-state index >= 15 is 0 Å². The summed E-state index contributed by atoms with van der Waals surface area (Å²) in [4.78, 5) is 21.1. The van der Waals surface area contributed by atoms with Crippen molar-refractivity contribution in [3.05, 3.63) is 35.9 Å². The third kappa shape index (κ3) is 1.94. The van der Waals surface area contributed by atoms with E-state index in [0.717, 1.165) is 25.0 Å². The SMILES string of the molecule is Cc1ccc(-n2nccn2)c(C(=O)N2C3CCC2C(C)C3)n1. The Labute approximate surface area is 129 Å². The number of pyridine rings is 1. The standard InChI is InChI=1S/C16H19N5O/c1-10-9-12-4-6-13(10)20(12)16(22)15-14(5-3-11(2)19-15)21-17-7-8-18-21/h3,5,7-8,10,12-13H,4,6,9H2,1-2H3. The minimum atomic E-state index is 0.0212. The zero-order valence-electron chi connectivity index (χ0n) is 12.8. The van der Waals surface area contributed by atoms with Crippen molar-refractivity contribution in [1.82, 2.24) is 24.9 Å². The molecule has 2 aromatic rings. The molecule has 4 rings (SSSR count). The Morgan fingerprint density at radius 2 is 2.00 bits per heavy atom. The largest absolute Gasteiger partial charge is 0.331 e. The molecule has 0 saturated carbocycles. The fourth-order valence-electron chi connectivity index (χ4n) is 3.94. The maximum atomic E-state index is 13.1. The van der Waals surface area contributed by atoms with Gasteiger partial charge in [-0.1, -0.05) is 6.92 Å². The molecule has 2 bridgehead atoms. The van der Waals surface area contributed by atoms with Crippen LogP contribution in [0.4, 0.5) is 0 Å². The lowest BCUT2D eigenvalue weighted by Crippen LogP contribution is -2.37. The van der Waals surface area contributed by atoms with Crippen LogP contribution in [0.15, 0.2) is 24.5 Å². The van der Waals surface area contributed by atoms with E-state index in [4.69, 9.17) is 0 Å². The first kappa shape index (κ1) is 13.4. The van der Waals surface area contributed by atoms with Crippen molar-refractivity contribution in [3.63, 3.8) is 0 Å². The maximum absolute atomic E-state index is 13.1. The van der Waals surface area contributed by atoms with Crippen LogP contribution in [0.25, 0.3) is 5.69 Å². The summed E-state index contributed by atoms with van der Waals surface area (Å²) in [7, 11) is 0. The van der Waals surface area contributed by atoms with Crippen LogP contribution in [-0.2, 0) is 0 Å². The van der Waals surface area contributed by atoms with Crippen molar-refractivity contribution >= 4 is 5.91 Å². The van der Waals surface area contributed by atoms with Crippen LogP contribution in [0.5, 0.6) is 0 Å². The molecular weight excluding hydrogens is 278 g/mol. The van der Waals surface area contributed by atoms with E-state index in [1.807, 2.05) is 19.1 Å². The van der Waals surface area contributed by atoms with Crippen molar-refractivity contribution in [1.29, 1.82) is 0 Å². The van der Waals surface area contributed by atoms with Crippen molar-refractivity contribution in [2.24, 2.45) is 5.92 Å². The lowest BCUT2D eigenvalue weighted by Gasteiger charge is -2.23. The van der Waals surface area contributed by atoms with Gasteiger partial charge in [0.05, 0.1) is 12.4 Å². The minimum absolute atomic E-state index is 0.0212. The molecule has 3 atom stereocenters. The number of hydrogen-bond donors (Lipinski definition) is 0. The number of carbonyl (C=O) groups excluding carboxylic acids is 1. The van der Waals surface area contributed by atoms with Crippen LogP contribution in [0.3, 0.4) is 0 Å². The van der Waals surface area contributed by atoms with Crippen LogP contribution in [0.1, 0.15) is 42.4 Å². The summed E-state index contributed by atoms with van der Waals surface area (Å²) in [6, 6.07) is 4.49. The van der Waals surface area contributed by atoms with E-state index in [1.54, 1.807) is 12.4 Å². The Bertz CT molecular complexity index is 711. The van der Waals surface area contributed by atoms with Crippen LogP contribution in [-0.4, -0.2) is 42.9 Å². The predicted molar refractivity (Wildman–Crippen MR) is 80.7 cm³/mol. The second-order valence-electron chi connectivity index (χ2n) is 6.36. The molecular formula is C16H19N5O. The molecule has 6 heteroatoms. The van der Waals surface area contributed by atoms with Crippen molar-refractivity contribution in [2.45, 2.75) is 45.2 Å². The minimum Gasteiger partial charge on any atom is -0.331 e. The fourth-order valence-corrected chi connectivity index (χ4v) is 3.94. The molecule has 0 radical (unpaired) electrons. The smallest absolute Gasteiger partial charge is 0.275 e. The highest BCUT2D eigenvalue weighted by atomic mass is 16.2. The first-order valence-corrected chi connectivity index (χ1v) is 7.82. The molecule has 3 unspecified atom stereocenters. The molecule has 0 aliphatic carbocycles. The first-order chi connectivity index (χ1) is 10.6. The molecule has 2 fully saturated rings. The number of carbonyl (C=O) groups is 1. The zero-order chi connectivity index (χ0) is 15.3. The van der Waals surface area contributed by atoms with Crippen LogP contribution in [0, 0.1) is 12.8 Å². The van der Waals surface area contributed by atoms with Gasteiger partial charge in [-0.15, -0.1) is 4.80 Å². The lowest BCUT2D eigenvalue weighted by molar-refractivity contribution is 0.0714. The number of fused-ring (bicyclic) bond motifs is 2. The summed E-state index contributed by atoms with van der Waals surface area (Å²) in [6.45, 7) is 4.14. The maximum Gasteiger partial charge on any atom is 0.275 e. The highest BCUT2D eigenvalue weighted by Crippen LogP contribution is 2.42. The summed E-state index contributed by atoms with van der Waals surface area (Å²) in [5.74, 6) is 0.603. The Hall–Kier alpha value is -2.24. The Kier molecular flexibility index (Phi) is 2.99. The number of rotatable bonds is 2. The second kappa shape index (κ2) is 4.90. The number of amides is 1. The van der Waals surface area contributed by atoms with E-state index in [1.165, 1.54) is 4.80 Å². The normalized spacial score (nSPS) is 26.6. The van der Waals surface area contributed by atoms with Crippen molar-refractivity contribution < 1.29 is 4.79 Å². The molecule has 2 saturated heterocycles. The van der Waals surface area contributed by atoms with Crippen molar-refractivity contribution in [3.8, 4) is 5.69 Å². The van der Waals surface area contributed by atoms with Crippen LogP contribution >= 0.6 is 0 Å². The van der Waals surface area contributed by atoms with Gasteiger partial charge in [-0.25, -0.2) is 4.98 Å². The van der Waals surface area contributed by atoms with E-state index in [9.17, 15) is 4.79 Å². The molecule has 2 aliphatic heterocycles. The quantitative estimate of drug-likeness (QED) is 0.850. The van der Waals surface area contributed by atoms with Crippen LogP contribution < -0.4 is 0 Å². The fraction of sp³-hybridized carbons (Fsp3) is 0.500. The number of nitrogens with zero attached hydrogens (tertiary/aromatic N) is 5. The average molecular weight is 297 g/mol. The molecule has 114 valence electrons. The summed E-state index contributed by atoms with van der Waals surface area (Å²) in [5.41, 5.74) is 1.95. The van der Waals surface area contributed by atoms with E-state index in [0.29, 0.717) is 29.4 Å². The van der Waals surface area contributed by atoms with Gasteiger partial charge >= 0.3 is 0 Å². The monoisotopic (exact) mass is 297 g/mol. The second-order valence-corrected chi connectivity index (χ2v) is 6.36. The van der Waals surface area contributed by atoms with Gasteiger partial charge < -0.3 is 4.90 Å². The van der Waals surface area contributed by atoms with Gasteiger partial charge in [0.1, 0.15) is 5.69 Å². The average Bonchev–Trinajstić information content (AvgIpc) is 3.21. The van der Waals surface area contributed by atoms with Gasteiger partial charge in [-0.3, -0.25) is 4.79 Å². The summed E-state index contributed by atoms with van der Waals surface area (Å²) < 4.78 is 0. The third-order valence-electron chi connectivity index (χ3n) is 4.93. The third-order valence-corrected chi connectivity index (χ3v) is 4.93. The summed E-state index contributed by atoms with van der Waals surface area (Å²) in [6.07, 6.45) is 6.55. The molecule has 2 aromatic heterocycles. The molecule has 1 amide bonds. The van der Waals surface area contributed by atoms with Gasteiger partial charge in [-0.05, 0) is 44.2 Å². The summed E-state index contributed by atoms with van der Waals surface area (Å²) in [5, 5.41) is 8.30. The highest BCUT2D eigenvalue weighted by molar-refractivity contribution is 5.96. The molecule has 0 aromatic carbocycles. The number of hydrogen-bond acceptors (Lipinski definition) is 4. The van der Waals surface area contributed by atoms with Gasteiger partial charge in [0.2, 0.25) is 0 Å². The Morgan fingerprint density at radius 3 is 2.64 bits per heavy atom. The van der Waals surface area contributed by atoms with E-state index in [-0.39, 0.29) is 5.91 Å². The first-order valence-electron chi connectivity index (χ1n) is 7.82. The Balaban J connectivity index is 1.76. The molecule has 4 heterocycles. The molecule has 2 aliphatic rings. The highest BCUT2D eigenvalue weighted by Gasteiger charge is 2.47. The van der Waals surface area contributed by atoms with E-state index < -0.39 is 0 Å². The van der Waals surface area contributed by atoms with Gasteiger partial charge in [0.15, 0.2) is 5.69 Å². The zero-order valence-corrected chi connectivity index (χ0v) is 12.8.